The van der Waals surface area contributed by atoms with Crippen LogP contribution in [0.15, 0.2) is 70.3 Å². The molecule has 0 aliphatic carbocycles. The van der Waals surface area contributed by atoms with Gasteiger partial charge in [0.05, 0.1) is 22.3 Å². The Bertz CT molecular complexity index is 1480. The summed E-state index contributed by atoms with van der Waals surface area (Å²) < 4.78 is 32.4. The average molecular weight is 462 g/mol. The Morgan fingerprint density at radius 1 is 1.00 bits per heavy atom. The number of thioether (sulfide) groups is 1. The Balaban J connectivity index is 1.28. The van der Waals surface area contributed by atoms with Gasteiger partial charge in [0, 0.05) is 17.2 Å². The van der Waals surface area contributed by atoms with Crippen molar-refractivity contribution in [3.05, 3.63) is 83.4 Å². The van der Waals surface area contributed by atoms with Gasteiger partial charge in [-0.25, -0.2) is 13.8 Å². The third kappa shape index (κ3) is 4.40. The Hall–Kier alpha value is -3.85. The van der Waals surface area contributed by atoms with E-state index in [0.29, 0.717) is 17.5 Å². The van der Waals surface area contributed by atoms with Crippen LogP contribution in [-0.4, -0.2) is 31.7 Å². The van der Waals surface area contributed by atoms with Crippen molar-refractivity contribution in [1.82, 2.24) is 20.2 Å². The van der Waals surface area contributed by atoms with Crippen molar-refractivity contribution in [2.24, 2.45) is 0 Å². The number of carbonyl (C=O) groups is 1. The van der Waals surface area contributed by atoms with Crippen LogP contribution >= 0.6 is 11.8 Å². The second-order valence-electron chi connectivity index (χ2n) is 7.39. The topological polar surface area (TPSA) is 84.7 Å². The first-order chi connectivity index (χ1) is 16.0. The summed E-state index contributed by atoms with van der Waals surface area (Å²) in [5.41, 5.74) is 4.47. The Morgan fingerprint density at radius 2 is 1.79 bits per heavy atom. The summed E-state index contributed by atoms with van der Waals surface area (Å²) in [6, 6.07) is 16.4. The molecule has 0 aliphatic rings. The van der Waals surface area contributed by atoms with Crippen molar-refractivity contribution >= 4 is 28.6 Å². The predicted octanol–water partition coefficient (Wildman–Crippen LogP) is 5.84. The molecule has 164 valence electrons. The lowest BCUT2D eigenvalue weighted by Crippen LogP contribution is -2.05. The number of aromatic amines is 1. The fourth-order valence-electron chi connectivity index (χ4n) is 3.34. The maximum Gasteiger partial charge on any atom is 0.277 e. The summed E-state index contributed by atoms with van der Waals surface area (Å²) in [6.45, 7) is 2.03. The number of hydrogen-bond donors (Lipinski definition) is 1. The van der Waals surface area contributed by atoms with Crippen molar-refractivity contribution < 1.29 is 18.0 Å². The lowest BCUT2D eigenvalue weighted by Gasteiger charge is -2.01. The average Bonchev–Trinajstić information content (AvgIpc) is 3.44. The molecule has 3 aromatic carbocycles. The van der Waals surface area contributed by atoms with Gasteiger partial charge >= 0.3 is 0 Å². The number of nitrogens with zero attached hydrogens (tertiary/aromatic N) is 3. The number of benzene rings is 3. The smallest absolute Gasteiger partial charge is 0.277 e. The maximum atomic E-state index is 13.8. The van der Waals surface area contributed by atoms with Crippen LogP contribution in [0, 0.1) is 18.6 Å². The summed E-state index contributed by atoms with van der Waals surface area (Å²) >= 11 is 0.990. The van der Waals surface area contributed by atoms with Crippen LogP contribution in [0.1, 0.15) is 15.9 Å². The van der Waals surface area contributed by atoms with E-state index in [1.165, 1.54) is 0 Å². The molecule has 0 saturated heterocycles. The number of H-pyrrole nitrogens is 1. The monoisotopic (exact) mass is 462 g/mol. The van der Waals surface area contributed by atoms with E-state index in [1.54, 1.807) is 0 Å². The number of rotatable bonds is 6. The molecule has 0 saturated carbocycles. The van der Waals surface area contributed by atoms with Gasteiger partial charge in [-0.2, -0.15) is 0 Å². The van der Waals surface area contributed by atoms with Gasteiger partial charge in [-0.1, -0.05) is 30.0 Å². The lowest BCUT2D eigenvalue weighted by atomic mass is 10.1. The number of ketones is 1. The quantitative estimate of drug-likeness (QED) is 0.252. The predicted molar refractivity (Wildman–Crippen MR) is 121 cm³/mol. The summed E-state index contributed by atoms with van der Waals surface area (Å²) in [4.78, 5) is 20.1. The van der Waals surface area contributed by atoms with Gasteiger partial charge in [0.1, 0.15) is 17.5 Å². The van der Waals surface area contributed by atoms with E-state index in [-0.39, 0.29) is 16.5 Å². The van der Waals surface area contributed by atoms with Gasteiger partial charge < -0.3 is 9.40 Å². The highest BCUT2D eigenvalue weighted by Gasteiger charge is 2.16. The third-order valence-corrected chi connectivity index (χ3v) is 5.83. The summed E-state index contributed by atoms with van der Waals surface area (Å²) in [6.07, 6.45) is 0. The van der Waals surface area contributed by atoms with E-state index in [1.807, 2.05) is 49.4 Å². The molecule has 1 N–H and O–H groups in total. The number of aryl methyl sites for hydroxylation is 1. The highest BCUT2D eigenvalue weighted by atomic mass is 32.2. The van der Waals surface area contributed by atoms with Gasteiger partial charge in [0.15, 0.2) is 5.78 Å². The summed E-state index contributed by atoms with van der Waals surface area (Å²) in [5.74, 6) is -1.19. The molecule has 0 atom stereocenters. The number of imidazole rings is 1. The number of fused-ring (bicyclic) bond motifs is 1. The molecule has 2 heterocycles. The molecular weight excluding hydrogens is 446 g/mol. The molecule has 6 nitrogen and oxygen atoms in total. The van der Waals surface area contributed by atoms with Gasteiger partial charge in [0.2, 0.25) is 5.89 Å². The molecule has 5 aromatic rings. The fourth-order valence-corrected chi connectivity index (χ4v) is 3.98. The highest BCUT2D eigenvalue weighted by Crippen LogP contribution is 2.27. The van der Waals surface area contributed by atoms with Crippen LogP contribution in [0.4, 0.5) is 8.78 Å². The number of nitrogens with one attached hydrogen (secondary N) is 1. The zero-order chi connectivity index (χ0) is 22.9. The van der Waals surface area contributed by atoms with Gasteiger partial charge in [-0.05, 0) is 48.9 Å². The minimum absolute atomic E-state index is 0.116. The van der Waals surface area contributed by atoms with Gasteiger partial charge in [-0.15, -0.1) is 10.2 Å². The van der Waals surface area contributed by atoms with E-state index in [9.17, 15) is 13.6 Å². The van der Waals surface area contributed by atoms with Crippen LogP contribution in [-0.2, 0) is 0 Å². The van der Waals surface area contributed by atoms with E-state index < -0.39 is 17.4 Å². The zero-order valence-corrected chi connectivity index (χ0v) is 18.1. The van der Waals surface area contributed by atoms with Crippen molar-refractivity contribution in [1.29, 1.82) is 0 Å². The maximum absolute atomic E-state index is 13.8. The molecule has 0 fully saturated rings. The van der Waals surface area contributed by atoms with Gasteiger partial charge in [0.25, 0.3) is 5.22 Å². The molecule has 33 heavy (non-hydrogen) atoms. The molecule has 0 unspecified atom stereocenters. The Kier molecular flexibility index (Phi) is 5.47. The first-order valence-electron chi connectivity index (χ1n) is 9.98. The van der Waals surface area contributed by atoms with E-state index in [0.717, 1.165) is 51.9 Å². The van der Waals surface area contributed by atoms with E-state index >= 15 is 0 Å². The minimum atomic E-state index is -0.897. The van der Waals surface area contributed by atoms with E-state index in [2.05, 4.69) is 20.2 Å². The lowest BCUT2D eigenvalue weighted by molar-refractivity contribution is 0.101. The molecule has 0 spiro atoms. The summed E-state index contributed by atoms with van der Waals surface area (Å²) in [7, 11) is 0. The van der Waals surface area contributed by atoms with Gasteiger partial charge in [-0.3, -0.25) is 4.79 Å². The van der Waals surface area contributed by atoms with Crippen molar-refractivity contribution in [2.75, 3.05) is 5.75 Å². The molecule has 5 rings (SSSR count). The number of aromatic nitrogens is 4. The minimum Gasteiger partial charge on any atom is -0.411 e. The van der Waals surface area contributed by atoms with Crippen molar-refractivity contribution in [2.45, 2.75) is 12.1 Å². The largest absolute Gasteiger partial charge is 0.411 e. The number of Topliss-reactive ketones (excluding diaryl/α,β-unsaturated/α-hetero) is 1. The molecule has 0 aliphatic heterocycles. The number of halogens is 2. The SMILES string of the molecule is Cc1ccc2nc(-c3ccc(-c4nnc(SCC(=O)c5ccc(F)cc5F)o4)cc3)[nH]c2c1. The Labute approximate surface area is 191 Å². The van der Waals surface area contributed by atoms with Crippen molar-refractivity contribution in [3.63, 3.8) is 0 Å². The highest BCUT2D eigenvalue weighted by molar-refractivity contribution is 7.99. The fraction of sp³-hybridized carbons (Fsp3) is 0.0833. The number of hydrogen-bond acceptors (Lipinski definition) is 6. The molecule has 2 aromatic heterocycles. The molecule has 0 amide bonds. The van der Waals surface area contributed by atoms with Crippen LogP contribution in [0.25, 0.3) is 33.9 Å². The van der Waals surface area contributed by atoms with Crippen LogP contribution in [0.2, 0.25) is 0 Å². The zero-order valence-electron chi connectivity index (χ0n) is 17.3. The van der Waals surface area contributed by atoms with Crippen LogP contribution in [0.3, 0.4) is 0 Å². The normalized spacial score (nSPS) is 11.2. The molecule has 9 heteroatoms. The first kappa shape index (κ1) is 21.0. The summed E-state index contributed by atoms with van der Waals surface area (Å²) in [5, 5.41) is 8.13. The molecular formula is C24H16F2N4O2S. The molecule has 0 bridgehead atoms. The van der Waals surface area contributed by atoms with Crippen molar-refractivity contribution in [3.8, 4) is 22.8 Å². The standard InChI is InChI=1S/C24H16F2N4O2S/c1-13-2-9-19-20(10-13)28-22(27-19)14-3-5-15(6-4-14)23-29-30-24(32-23)33-12-21(31)17-8-7-16(25)11-18(17)26/h2-11H,12H2,1H3,(H,27,28). The Morgan fingerprint density at radius 3 is 2.58 bits per heavy atom. The third-order valence-electron chi connectivity index (χ3n) is 5.01. The van der Waals surface area contributed by atoms with Crippen LogP contribution in [0.5, 0.6) is 0 Å². The second kappa shape index (κ2) is 8.59. The first-order valence-corrected chi connectivity index (χ1v) is 11.0. The number of carbonyl (C=O) groups excluding carboxylic acids is 1. The van der Waals surface area contributed by atoms with Crippen LogP contribution < -0.4 is 0 Å². The van der Waals surface area contributed by atoms with E-state index in [4.69, 9.17) is 4.42 Å². The molecule has 0 radical (unpaired) electrons. The second-order valence-corrected chi connectivity index (χ2v) is 8.32.